The van der Waals surface area contributed by atoms with Crippen molar-refractivity contribution in [3.63, 3.8) is 0 Å². The molecule has 8 rings (SSSR count). The zero-order valence-corrected chi connectivity index (χ0v) is 30.3. The number of pyridine rings is 1. The van der Waals surface area contributed by atoms with Crippen molar-refractivity contribution in [3.8, 4) is 16.5 Å². The number of benzene rings is 2. The standard InChI is InChI=1S/C36H26Cl3FN8O3S/c1-34(14-19-2-4-20(15-41)5-3-19)31(51)47(22-12-23(37)28(40)24(38)13-22)33-44-17-25(48(33)34)29(49)45-36(10-11-36)30(50)46-35(8-9-35)27-7-6-21(16-42-27)26-18-43-32(39)52-26/h2-7,12-13,16-18H,8-11,14H2,1H3,(H,45,49)(H,46,50)/t34-/m1/s1. The first-order valence-corrected chi connectivity index (χ1v) is 18.1. The summed E-state index contributed by atoms with van der Waals surface area (Å²) < 4.78 is 16.4. The van der Waals surface area contributed by atoms with Crippen LogP contribution < -0.4 is 15.5 Å². The molecule has 2 fully saturated rings. The van der Waals surface area contributed by atoms with E-state index in [0.29, 0.717) is 47.0 Å². The summed E-state index contributed by atoms with van der Waals surface area (Å²) in [5, 5.41) is 14.8. The SMILES string of the molecule is C[C@@]1(Cc2ccc(C#N)cc2)C(=O)N(c2cc(Cl)c(F)c(Cl)c2)c2ncc(C(=O)NC3(C(=O)NC4(c5ccc(-c6cnc(Cl)s6)cn5)CC4)CC3)n21. The average Bonchev–Trinajstić information content (AvgIpc) is 3.98. The Kier molecular flexibility index (Phi) is 8.15. The number of halogens is 4. The Hall–Kier alpha value is -4.87. The topological polar surface area (TPSA) is 146 Å². The summed E-state index contributed by atoms with van der Waals surface area (Å²) >= 11 is 19.6. The molecule has 2 saturated carbocycles. The molecule has 0 spiro atoms. The molecule has 3 aliphatic rings. The predicted molar refractivity (Wildman–Crippen MR) is 193 cm³/mol. The molecule has 262 valence electrons. The number of nitrogens with zero attached hydrogens (tertiary/aromatic N) is 6. The molecule has 1 aliphatic heterocycles. The number of amides is 3. The first-order chi connectivity index (χ1) is 24.9. The molecule has 0 radical (unpaired) electrons. The Morgan fingerprint density at radius 3 is 2.25 bits per heavy atom. The normalized spacial score (nSPS) is 19.2. The lowest BCUT2D eigenvalue weighted by molar-refractivity contribution is -0.125. The number of anilines is 2. The van der Waals surface area contributed by atoms with Crippen LogP contribution in [0, 0.1) is 17.1 Å². The van der Waals surface area contributed by atoms with Crippen LogP contribution in [0.2, 0.25) is 14.5 Å². The van der Waals surface area contributed by atoms with E-state index in [1.165, 1.54) is 39.1 Å². The van der Waals surface area contributed by atoms with Gasteiger partial charge in [0.05, 0.1) is 49.7 Å². The van der Waals surface area contributed by atoms with Crippen LogP contribution in [0.3, 0.4) is 0 Å². The number of nitrogens with one attached hydrogen (secondary N) is 2. The van der Waals surface area contributed by atoms with Crippen LogP contribution in [-0.4, -0.2) is 42.8 Å². The molecule has 0 saturated heterocycles. The number of hydrogen-bond donors (Lipinski definition) is 2. The predicted octanol–water partition coefficient (Wildman–Crippen LogP) is 7.08. The molecule has 52 heavy (non-hydrogen) atoms. The second-order valence-electron chi connectivity index (χ2n) is 13.4. The van der Waals surface area contributed by atoms with E-state index in [0.717, 1.165) is 10.4 Å². The summed E-state index contributed by atoms with van der Waals surface area (Å²) in [5.74, 6) is -2.14. The van der Waals surface area contributed by atoms with Crippen LogP contribution in [0.25, 0.3) is 10.4 Å². The van der Waals surface area contributed by atoms with E-state index in [1.54, 1.807) is 43.6 Å². The van der Waals surface area contributed by atoms with Crippen LogP contribution >= 0.6 is 46.1 Å². The Morgan fingerprint density at radius 1 is 0.962 bits per heavy atom. The quantitative estimate of drug-likeness (QED) is 0.152. The third-order valence-electron chi connectivity index (χ3n) is 9.85. The van der Waals surface area contributed by atoms with Crippen molar-refractivity contribution < 1.29 is 18.8 Å². The lowest BCUT2D eigenvalue weighted by atomic mass is 9.91. The maximum atomic E-state index is 14.4. The second-order valence-corrected chi connectivity index (χ2v) is 15.8. The number of aromatic nitrogens is 4. The number of thiazole rings is 1. The van der Waals surface area contributed by atoms with Gasteiger partial charge in [-0.3, -0.25) is 23.9 Å². The molecule has 1 atom stereocenters. The van der Waals surface area contributed by atoms with Crippen molar-refractivity contribution >= 4 is 75.5 Å². The maximum Gasteiger partial charge on any atom is 0.270 e. The summed E-state index contributed by atoms with van der Waals surface area (Å²) in [6.07, 6.45) is 7.09. The largest absolute Gasteiger partial charge is 0.343 e. The minimum atomic E-state index is -1.42. The van der Waals surface area contributed by atoms with Crippen LogP contribution in [0.1, 0.15) is 59.9 Å². The number of fused-ring (bicyclic) bond motifs is 1. The first kappa shape index (κ1) is 34.2. The molecule has 16 heteroatoms. The molecular formula is C36H26Cl3FN8O3S. The maximum absolute atomic E-state index is 14.4. The number of imidazole rings is 1. The van der Waals surface area contributed by atoms with Crippen molar-refractivity contribution in [2.75, 3.05) is 4.90 Å². The fraction of sp³-hybridized carbons (Fsp3) is 0.250. The van der Waals surface area contributed by atoms with Gasteiger partial charge >= 0.3 is 0 Å². The Bertz CT molecular complexity index is 2330. The number of carbonyl (C=O) groups is 3. The van der Waals surface area contributed by atoms with Gasteiger partial charge in [0, 0.05) is 24.4 Å². The highest BCUT2D eigenvalue weighted by molar-refractivity contribution is 7.18. The fourth-order valence-electron chi connectivity index (χ4n) is 6.66. The van der Waals surface area contributed by atoms with Gasteiger partial charge in [0.2, 0.25) is 11.9 Å². The van der Waals surface area contributed by atoms with Crippen molar-refractivity contribution in [2.24, 2.45) is 0 Å². The highest BCUT2D eigenvalue weighted by Crippen LogP contribution is 2.48. The smallest absolute Gasteiger partial charge is 0.270 e. The van der Waals surface area contributed by atoms with Gasteiger partial charge in [-0.25, -0.2) is 19.3 Å². The molecule has 5 aromatic rings. The van der Waals surface area contributed by atoms with E-state index >= 15 is 0 Å². The van der Waals surface area contributed by atoms with Crippen molar-refractivity contribution in [1.82, 2.24) is 30.2 Å². The van der Waals surface area contributed by atoms with Crippen LogP contribution in [0.4, 0.5) is 16.0 Å². The van der Waals surface area contributed by atoms with Crippen LogP contribution in [0.15, 0.2) is 67.1 Å². The number of hydrogen-bond acceptors (Lipinski definition) is 8. The minimum absolute atomic E-state index is 0.0435. The summed E-state index contributed by atoms with van der Waals surface area (Å²) in [5.41, 5.74) is -0.289. The molecule has 3 amide bonds. The number of nitriles is 1. The third-order valence-corrected chi connectivity index (χ3v) is 11.6. The Balaban J connectivity index is 1.08. The summed E-state index contributed by atoms with van der Waals surface area (Å²) in [4.78, 5) is 57.7. The molecule has 4 heterocycles. The zero-order valence-electron chi connectivity index (χ0n) is 27.2. The highest BCUT2D eigenvalue weighted by atomic mass is 35.5. The monoisotopic (exact) mass is 774 g/mol. The molecule has 3 aromatic heterocycles. The minimum Gasteiger partial charge on any atom is -0.343 e. The van der Waals surface area contributed by atoms with Crippen molar-refractivity contribution in [3.05, 3.63) is 110 Å². The second kappa shape index (κ2) is 12.4. The number of carbonyl (C=O) groups excluding carboxylic acids is 3. The van der Waals surface area contributed by atoms with Gasteiger partial charge in [-0.15, -0.1) is 11.3 Å². The third kappa shape index (κ3) is 5.70. The van der Waals surface area contributed by atoms with E-state index in [2.05, 4.69) is 31.7 Å². The van der Waals surface area contributed by atoms with E-state index in [4.69, 9.17) is 34.8 Å². The molecule has 2 N–H and O–H groups in total. The molecule has 0 unspecified atom stereocenters. The Morgan fingerprint density at radius 2 is 1.67 bits per heavy atom. The van der Waals surface area contributed by atoms with Gasteiger partial charge in [-0.05, 0) is 68.5 Å². The Labute approximate surface area is 315 Å². The lowest BCUT2D eigenvalue weighted by Gasteiger charge is -2.27. The summed E-state index contributed by atoms with van der Waals surface area (Å²) in [6, 6.07) is 15.1. The van der Waals surface area contributed by atoms with E-state index in [9.17, 15) is 24.0 Å². The lowest BCUT2D eigenvalue weighted by Crippen LogP contribution is -2.52. The average molecular weight is 776 g/mol. The van der Waals surface area contributed by atoms with Gasteiger partial charge in [-0.2, -0.15) is 5.26 Å². The van der Waals surface area contributed by atoms with Gasteiger partial charge in [0.1, 0.15) is 16.8 Å². The van der Waals surface area contributed by atoms with Gasteiger partial charge in [0.15, 0.2) is 10.3 Å². The molecule has 11 nitrogen and oxygen atoms in total. The highest BCUT2D eigenvalue weighted by Gasteiger charge is 2.57. The summed E-state index contributed by atoms with van der Waals surface area (Å²) in [6.45, 7) is 1.67. The van der Waals surface area contributed by atoms with Crippen LogP contribution in [-0.2, 0) is 27.1 Å². The summed E-state index contributed by atoms with van der Waals surface area (Å²) in [7, 11) is 0. The van der Waals surface area contributed by atoms with Crippen LogP contribution in [0.5, 0.6) is 0 Å². The zero-order chi connectivity index (χ0) is 36.6. The molecule has 2 aliphatic carbocycles. The van der Waals surface area contributed by atoms with E-state index < -0.39 is 34.2 Å². The molecule has 2 aromatic carbocycles. The van der Waals surface area contributed by atoms with Crippen molar-refractivity contribution in [1.29, 1.82) is 5.26 Å². The van der Waals surface area contributed by atoms with Gasteiger partial charge in [-0.1, -0.05) is 53.0 Å². The van der Waals surface area contributed by atoms with E-state index in [-0.39, 0.29) is 39.7 Å². The molecule has 0 bridgehead atoms. The van der Waals surface area contributed by atoms with Crippen molar-refractivity contribution in [2.45, 2.75) is 55.6 Å². The molecular weight excluding hydrogens is 750 g/mol. The first-order valence-electron chi connectivity index (χ1n) is 16.2. The van der Waals surface area contributed by atoms with E-state index in [1.807, 2.05) is 12.1 Å². The number of rotatable bonds is 9. The van der Waals surface area contributed by atoms with Gasteiger partial charge < -0.3 is 10.6 Å². The van der Waals surface area contributed by atoms with Gasteiger partial charge in [0.25, 0.3) is 11.8 Å². The fourth-order valence-corrected chi connectivity index (χ4v) is 8.06.